The fraction of sp³-hybridized carbons (Fsp3) is 0.125. The average molecular weight is 477 g/mol. The molecule has 0 spiro atoms. The second kappa shape index (κ2) is 9.67. The summed E-state index contributed by atoms with van der Waals surface area (Å²) in [6.07, 6.45) is 1.43. The molecule has 0 saturated carbocycles. The van der Waals surface area contributed by atoms with Gasteiger partial charge in [0.1, 0.15) is 19.0 Å². The van der Waals surface area contributed by atoms with Gasteiger partial charge in [-0.25, -0.2) is 4.98 Å². The third kappa shape index (κ3) is 5.02. The predicted molar refractivity (Wildman–Crippen MR) is 126 cm³/mol. The molecule has 2 aromatic heterocycles. The van der Waals surface area contributed by atoms with Crippen molar-refractivity contribution in [1.82, 2.24) is 4.98 Å². The molecule has 1 aliphatic rings. The van der Waals surface area contributed by atoms with E-state index in [9.17, 15) is 9.59 Å². The molecule has 2 N–H and O–H groups in total. The minimum atomic E-state index is -0.377. The van der Waals surface area contributed by atoms with Gasteiger partial charge in [0.2, 0.25) is 0 Å². The third-order valence-electron chi connectivity index (χ3n) is 4.80. The molecule has 1 aliphatic heterocycles. The van der Waals surface area contributed by atoms with Crippen LogP contribution in [0.3, 0.4) is 0 Å². The Morgan fingerprint density at radius 2 is 1.88 bits per heavy atom. The lowest BCUT2D eigenvalue weighted by Gasteiger charge is -2.18. The molecule has 34 heavy (non-hydrogen) atoms. The SMILES string of the molecule is O=C(COc1cccc(NC(=O)c2ccco2)c1)Nc1nc(-c2ccc3c(c2)OCCO3)cs1. The Kier molecular flexibility index (Phi) is 6.13. The molecule has 2 aromatic carbocycles. The van der Waals surface area contributed by atoms with Crippen molar-refractivity contribution < 1.29 is 28.2 Å². The fourth-order valence-corrected chi connectivity index (χ4v) is 3.97. The second-order valence-electron chi connectivity index (χ2n) is 7.19. The highest BCUT2D eigenvalue weighted by Gasteiger charge is 2.15. The van der Waals surface area contributed by atoms with Crippen LogP contribution in [0.5, 0.6) is 17.2 Å². The molecular formula is C24H19N3O6S. The molecule has 2 amide bonds. The van der Waals surface area contributed by atoms with E-state index in [4.69, 9.17) is 18.6 Å². The van der Waals surface area contributed by atoms with Crippen LogP contribution in [-0.4, -0.2) is 36.6 Å². The summed E-state index contributed by atoms with van der Waals surface area (Å²) in [4.78, 5) is 28.9. The summed E-state index contributed by atoms with van der Waals surface area (Å²) in [5.41, 5.74) is 2.10. The number of carbonyl (C=O) groups is 2. The summed E-state index contributed by atoms with van der Waals surface area (Å²) in [5.74, 6) is 1.29. The van der Waals surface area contributed by atoms with Gasteiger partial charge in [0, 0.05) is 22.7 Å². The number of ether oxygens (including phenoxy) is 3. The first-order valence-electron chi connectivity index (χ1n) is 10.4. The zero-order chi connectivity index (χ0) is 23.3. The first kappa shape index (κ1) is 21.5. The van der Waals surface area contributed by atoms with Gasteiger partial charge in [-0.05, 0) is 42.5 Å². The van der Waals surface area contributed by atoms with E-state index >= 15 is 0 Å². The molecule has 172 valence electrons. The lowest BCUT2D eigenvalue weighted by atomic mass is 10.1. The highest BCUT2D eigenvalue weighted by Crippen LogP contribution is 2.35. The minimum Gasteiger partial charge on any atom is -0.486 e. The van der Waals surface area contributed by atoms with Gasteiger partial charge in [-0.15, -0.1) is 11.3 Å². The Morgan fingerprint density at radius 1 is 1.00 bits per heavy atom. The predicted octanol–water partition coefficient (Wildman–Crippen LogP) is 4.44. The number of thiazole rings is 1. The molecule has 0 bridgehead atoms. The van der Waals surface area contributed by atoms with Gasteiger partial charge in [0.15, 0.2) is 29.0 Å². The molecule has 0 radical (unpaired) electrons. The van der Waals surface area contributed by atoms with E-state index in [1.54, 1.807) is 36.4 Å². The number of rotatable bonds is 7. The number of fused-ring (bicyclic) bond motifs is 1. The van der Waals surface area contributed by atoms with Crippen LogP contribution in [0.4, 0.5) is 10.8 Å². The number of nitrogens with one attached hydrogen (secondary N) is 2. The van der Waals surface area contributed by atoms with Crippen LogP contribution in [0.1, 0.15) is 10.6 Å². The fourth-order valence-electron chi connectivity index (χ4n) is 3.23. The summed E-state index contributed by atoms with van der Waals surface area (Å²) in [6, 6.07) is 15.6. The van der Waals surface area contributed by atoms with E-state index in [-0.39, 0.29) is 24.2 Å². The maximum atomic E-state index is 12.4. The number of carbonyl (C=O) groups excluding carboxylic acids is 2. The topological polar surface area (TPSA) is 112 Å². The quantitative estimate of drug-likeness (QED) is 0.405. The van der Waals surface area contributed by atoms with E-state index in [1.165, 1.54) is 17.6 Å². The maximum absolute atomic E-state index is 12.4. The molecular weight excluding hydrogens is 458 g/mol. The summed E-state index contributed by atoms with van der Waals surface area (Å²) in [5, 5.41) is 7.76. The van der Waals surface area contributed by atoms with Crippen molar-refractivity contribution in [1.29, 1.82) is 0 Å². The number of benzene rings is 2. The molecule has 5 rings (SSSR count). The Labute approximate surface area is 198 Å². The van der Waals surface area contributed by atoms with Gasteiger partial charge in [0.25, 0.3) is 11.8 Å². The number of anilines is 2. The van der Waals surface area contributed by atoms with E-state index in [0.717, 1.165) is 11.3 Å². The van der Waals surface area contributed by atoms with Crippen LogP contribution in [0.2, 0.25) is 0 Å². The van der Waals surface area contributed by atoms with Crippen molar-refractivity contribution >= 4 is 34.0 Å². The van der Waals surface area contributed by atoms with Crippen molar-refractivity contribution in [2.45, 2.75) is 0 Å². The highest BCUT2D eigenvalue weighted by molar-refractivity contribution is 7.14. The van der Waals surface area contributed by atoms with Crippen LogP contribution in [-0.2, 0) is 4.79 Å². The minimum absolute atomic E-state index is 0.199. The standard InChI is InChI=1S/C24H19N3O6S/c28-22(13-33-17-4-1-3-16(12-17)25-23(29)20-5-2-8-30-20)27-24-26-18(14-34-24)15-6-7-19-21(11-15)32-10-9-31-19/h1-8,11-12,14H,9-10,13H2,(H,25,29)(H,26,27,28). The highest BCUT2D eigenvalue weighted by atomic mass is 32.1. The van der Waals surface area contributed by atoms with Crippen LogP contribution < -0.4 is 24.8 Å². The van der Waals surface area contributed by atoms with Crippen LogP contribution >= 0.6 is 11.3 Å². The van der Waals surface area contributed by atoms with Crippen molar-refractivity contribution in [3.63, 3.8) is 0 Å². The van der Waals surface area contributed by atoms with Crippen molar-refractivity contribution in [2.75, 3.05) is 30.5 Å². The number of furan rings is 1. The van der Waals surface area contributed by atoms with E-state index in [2.05, 4.69) is 15.6 Å². The van der Waals surface area contributed by atoms with Crippen LogP contribution in [0.15, 0.2) is 70.7 Å². The summed E-state index contributed by atoms with van der Waals surface area (Å²) in [7, 11) is 0. The normalized spacial score (nSPS) is 12.1. The number of hydrogen-bond donors (Lipinski definition) is 2. The molecule has 0 atom stereocenters. The molecule has 0 saturated heterocycles. The van der Waals surface area contributed by atoms with Gasteiger partial charge < -0.3 is 23.9 Å². The maximum Gasteiger partial charge on any atom is 0.291 e. The molecule has 0 aliphatic carbocycles. The van der Waals surface area contributed by atoms with Crippen molar-refractivity contribution in [2.24, 2.45) is 0 Å². The lowest BCUT2D eigenvalue weighted by molar-refractivity contribution is -0.118. The molecule has 9 nitrogen and oxygen atoms in total. The van der Waals surface area contributed by atoms with Gasteiger partial charge in [-0.1, -0.05) is 6.07 Å². The average Bonchev–Trinajstić information content (AvgIpc) is 3.56. The first-order valence-corrected chi connectivity index (χ1v) is 11.3. The molecule has 10 heteroatoms. The molecule has 4 aromatic rings. The van der Waals surface area contributed by atoms with E-state index in [0.29, 0.717) is 41.3 Å². The molecule has 0 unspecified atom stereocenters. The Hall–Kier alpha value is -4.31. The number of amides is 2. The van der Waals surface area contributed by atoms with Crippen LogP contribution in [0.25, 0.3) is 11.3 Å². The number of nitrogens with zero attached hydrogens (tertiary/aromatic N) is 1. The lowest BCUT2D eigenvalue weighted by Crippen LogP contribution is -2.20. The molecule has 0 fully saturated rings. The Bertz CT molecular complexity index is 1320. The van der Waals surface area contributed by atoms with E-state index < -0.39 is 0 Å². The second-order valence-corrected chi connectivity index (χ2v) is 8.05. The number of aromatic nitrogens is 1. The summed E-state index contributed by atoms with van der Waals surface area (Å²) in [6.45, 7) is 0.827. The van der Waals surface area contributed by atoms with E-state index in [1.807, 2.05) is 23.6 Å². The van der Waals surface area contributed by atoms with Gasteiger partial charge >= 0.3 is 0 Å². The number of hydrogen-bond acceptors (Lipinski definition) is 8. The van der Waals surface area contributed by atoms with Crippen molar-refractivity contribution in [3.8, 4) is 28.5 Å². The molecule has 3 heterocycles. The zero-order valence-electron chi connectivity index (χ0n) is 17.8. The first-order chi connectivity index (χ1) is 16.6. The Balaban J connectivity index is 1.16. The monoisotopic (exact) mass is 477 g/mol. The van der Waals surface area contributed by atoms with Gasteiger partial charge in [-0.2, -0.15) is 0 Å². The largest absolute Gasteiger partial charge is 0.486 e. The van der Waals surface area contributed by atoms with Crippen LogP contribution in [0, 0.1) is 0 Å². The summed E-state index contributed by atoms with van der Waals surface area (Å²) >= 11 is 1.31. The van der Waals surface area contributed by atoms with Gasteiger partial charge in [0.05, 0.1) is 12.0 Å². The third-order valence-corrected chi connectivity index (χ3v) is 5.55. The smallest absolute Gasteiger partial charge is 0.291 e. The van der Waals surface area contributed by atoms with Gasteiger partial charge in [-0.3, -0.25) is 14.9 Å². The summed E-state index contributed by atoms with van der Waals surface area (Å²) < 4.78 is 21.8. The van der Waals surface area contributed by atoms with Crippen molar-refractivity contribution in [3.05, 3.63) is 72.0 Å². The zero-order valence-corrected chi connectivity index (χ0v) is 18.6. The Morgan fingerprint density at radius 3 is 2.74 bits per heavy atom.